The van der Waals surface area contributed by atoms with Crippen LogP contribution in [0.25, 0.3) is 0 Å². The molecule has 0 aliphatic heterocycles. The van der Waals surface area contributed by atoms with Crippen LogP contribution < -0.4 is 11.1 Å². The lowest BCUT2D eigenvalue weighted by atomic mass is 10.1. The van der Waals surface area contributed by atoms with Crippen molar-refractivity contribution >= 4 is 11.4 Å². The average molecular weight is 208 g/mol. The molecule has 82 valence electrons. The number of benzene rings is 1. The van der Waals surface area contributed by atoms with Gasteiger partial charge in [-0.05, 0) is 37.0 Å². The van der Waals surface area contributed by atoms with Gasteiger partial charge in [0.25, 0.3) is 0 Å². The third-order valence-electron chi connectivity index (χ3n) is 3.07. The van der Waals surface area contributed by atoms with E-state index in [2.05, 4.69) is 5.32 Å². The highest BCUT2D eigenvalue weighted by atomic mass is 19.1. The van der Waals surface area contributed by atoms with E-state index in [-0.39, 0.29) is 5.82 Å². The van der Waals surface area contributed by atoms with Gasteiger partial charge < -0.3 is 11.1 Å². The summed E-state index contributed by atoms with van der Waals surface area (Å²) in [5.41, 5.74) is 7.09. The Morgan fingerprint density at radius 1 is 1.33 bits per heavy atom. The molecule has 0 atom stereocenters. The lowest BCUT2D eigenvalue weighted by Crippen LogP contribution is -2.12. The van der Waals surface area contributed by atoms with E-state index in [1.54, 1.807) is 6.07 Å². The molecule has 0 amide bonds. The lowest BCUT2D eigenvalue weighted by molar-refractivity contribution is 0.579. The first-order valence-electron chi connectivity index (χ1n) is 5.54. The molecular weight excluding hydrogens is 191 g/mol. The van der Waals surface area contributed by atoms with Crippen molar-refractivity contribution in [3.05, 3.63) is 24.0 Å². The van der Waals surface area contributed by atoms with Crippen LogP contribution in [0, 0.1) is 11.7 Å². The Morgan fingerprint density at radius 2 is 2.07 bits per heavy atom. The Hall–Kier alpha value is -1.25. The van der Waals surface area contributed by atoms with Crippen LogP contribution in [0.15, 0.2) is 18.2 Å². The quantitative estimate of drug-likeness (QED) is 0.749. The first-order valence-corrected chi connectivity index (χ1v) is 5.54. The molecule has 1 aliphatic rings. The summed E-state index contributed by atoms with van der Waals surface area (Å²) in [6.45, 7) is 0.910. The fourth-order valence-corrected chi connectivity index (χ4v) is 2.15. The standard InChI is InChI=1S/C12H17FN2/c13-10-5-6-11(14)12(7-10)15-8-9-3-1-2-4-9/h5-7,9,15H,1-4,8,14H2. The molecule has 1 aromatic rings. The van der Waals surface area contributed by atoms with E-state index in [9.17, 15) is 4.39 Å². The number of nitrogens with two attached hydrogens (primary N) is 1. The van der Waals surface area contributed by atoms with Crippen molar-refractivity contribution in [1.82, 2.24) is 0 Å². The average Bonchev–Trinajstić information content (AvgIpc) is 2.72. The third kappa shape index (κ3) is 2.61. The molecular formula is C12H17FN2. The minimum Gasteiger partial charge on any atom is -0.397 e. The highest BCUT2D eigenvalue weighted by Crippen LogP contribution is 2.26. The fourth-order valence-electron chi connectivity index (χ4n) is 2.15. The molecule has 1 aromatic carbocycles. The molecule has 2 nitrogen and oxygen atoms in total. The van der Waals surface area contributed by atoms with Gasteiger partial charge in [0, 0.05) is 6.54 Å². The molecule has 0 heterocycles. The smallest absolute Gasteiger partial charge is 0.125 e. The minimum absolute atomic E-state index is 0.238. The molecule has 0 radical (unpaired) electrons. The number of nitrogens with one attached hydrogen (secondary N) is 1. The first kappa shape index (κ1) is 10.3. The molecule has 15 heavy (non-hydrogen) atoms. The number of halogens is 1. The van der Waals surface area contributed by atoms with Crippen molar-refractivity contribution in [3.8, 4) is 0 Å². The zero-order chi connectivity index (χ0) is 10.7. The van der Waals surface area contributed by atoms with Gasteiger partial charge in [-0.2, -0.15) is 0 Å². The largest absolute Gasteiger partial charge is 0.397 e. The van der Waals surface area contributed by atoms with Gasteiger partial charge >= 0.3 is 0 Å². The van der Waals surface area contributed by atoms with Gasteiger partial charge in [0.05, 0.1) is 11.4 Å². The Kier molecular flexibility index (Phi) is 3.09. The highest BCUT2D eigenvalue weighted by Gasteiger charge is 2.14. The van der Waals surface area contributed by atoms with E-state index >= 15 is 0 Å². The Morgan fingerprint density at radius 3 is 2.80 bits per heavy atom. The third-order valence-corrected chi connectivity index (χ3v) is 3.07. The normalized spacial score (nSPS) is 16.9. The number of hydrogen-bond donors (Lipinski definition) is 2. The van der Waals surface area contributed by atoms with E-state index < -0.39 is 0 Å². The maximum atomic E-state index is 13.0. The lowest BCUT2D eigenvalue weighted by Gasteiger charge is -2.13. The van der Waals surface area contributed by atoms with Gasteiger partial charge in [0.1, 0.15) is 5.82 Å². The molecule has 0 aromatic heterocycles. The number of rotatable bonds is 3. The van der Waals surface area contributed by atoms with Gasteiger partial charge in [-0.15, -0.1) is 0 Å². The molecule has 3 heteroatoms. The van der Waals surface area contributed by atoms with Crippen LogP contribution in [0.2, 0.25) is 0 Å². The maximum absolute atomic E-state index is 13.0. The van der Waals surface area contributed by atoms with Crippen LogP contribution in [-0.4, -0.2) is 6.54 Å². The monoisotopic (exact) mass is 208 g/mol. The Labute approximate surface area is 89.7 Å². The summed E-state index contributed by atoms with van der Waals surface area (Å²) < 4.78 is 13.0. The van der Waals surface area contributed by atoms with Crippen molar-refractivity contribution in [2.45, 2.75) is 25.7 Å². The minimum atomic E-state index is -0.238. The van der Waals surface area contributed by atoms with Gasteiger partial charge in [-0.1, -0.05) is 12.8 Å². The summed E-state index contributed by atoms with van der Waals surface area (Å²) >= 11 is 0. The number of hydrogen-bond acceptors (Lipinski definition) is 2. The van der Waals surface area contributed by atoms with E-state index in [0.29, 0.717) is 5.69 Å². The van der Waals surface area contributed by atoms with Crippen LogP contribution >= 0.6 is 0 Å². The number of anilines is 2. The van der Waals surface area contributed by atoms with E-state index in [4.69, 9.17) is 5.73 Å². The number of nitrogen functional groups attached to an aromatic ring is 1. The fraction of sp³-hybridized carbons (Fsp3) is 0.500. The van der Waals surface area contributed by atoms with Crippen LogP contribution in [0.3, 0.4) is 0 Å². The van der Waals surface area contributed by atoms with Gasteiger partial charge in [-0.3, -0.25) is 0 Å². The molecule has 0 bridgehead atoms. The second kappa shape index (κ2) is 4.51. The highest BCUT2D eigenvalue weighted by molar-refractivity contribution is 5.65. The first-order chi connectivity index (χ1) is 7.25. The maximum Gasteiger partial charge on any atom is 0.125 e. The zero-order valence-electron chi connectivity index (χ0n) is 8.80. The summed E-state index contributed by atoms with van der Waals surface area (Å²) in [6.07, 6.45) is 5.21. The summed E-state index contributed by atoms with van der Waals surface area (Å²) in [7, 11) is 0. The molecule has 1 aliphatic carbocycles. The van der Waals surface area contributed by atoms with Crippen LogP contribution in [0.1, 0.15) is 25.7 Å². The summed E-state index contributed by atoms with van der Waals surface area (Å²) in [6, 6.07) is 4.45. The molecule has 1 fully saturated rings. The van der Waals surface area contributed by atoms with E-state index in [1.807, 2.05) is 0 Å². The SMILES string of the molecule is Nc1ccc(F)cc1NCC1CCCC1. The molecule has 3 N–H and O–H groups in total. The van der Waals surface area contributed by atoms with E-state index in [1.165, 1.54) is 37.8 Å². The van der Waals surface area contributed by atoms with Crippen molar-refractivity contribution in [3.63, 3.8) is 0 Å². The molecule has 2 rings (SSSR count). The predicted molar refractivity (Wildman–Crippen MR) is 61.3 cm³/mol. The van der Waals surface area contributed by atoms with Crippen molar-refractivity contribution in [1.29, 1.82) is 0 Å². The van der Waals surface area contributed by atoms with Crippen molar-refractivity contribution in [2.75, 3.05) is 17.6 Å². The van der Waals surface area contributed by atoms with Gasteiger partial charge in [0.2, 0.25) is 0 Å². The molecule has 0 spiro atoms. The van der Waals surface area contributed by atoms with Crippen LogP contribution in [-0.2, 0) is 0 Å². The van der Waals surface area contributed by atoms with Crippen LogP contribution in [0.5, 0.6) is 0 Å². The second-order valence-electron chi connectivity index (χ2n) is 4.26. The molecule has 0 saturated heterocycles. The zero-order valence-corrected chi connectivity index (χ0v) is 8.80. The van der Waals surface area contributed by atoms with Gasteiger partial charge in [0.15, 0.2) is 0 Å². The topological polar surface area (TPSA) is 38.0 Å². The van der Waals surface area contributed by atoms with Gasteiger partial charge in [-0.25, -0.2) is 4.39 Å². The molecule has 0 unspecified atom stereocenters. The summed E-state index contributed by atoms with van der Waals surface area (Å²) in [4.78, 5) is 0. The van der Waals surface area contributed by atoms with E-state index in [0.717, 1.165) is 18.2 Å². The molecule has 1 saturated carbocycles. The Balaban J connectivity index is 1.94. The second-order valence-corrected chi connectivity index (χ2v) is 4.26. The Bertz CT molecular complexity index is 332. The predicted octanol–water partition coefficient (Wildman–Crippen LogP) is 3.01. The summed E-state index contributed by atoms with van der Waals surface area (Å²) in [5, 5.41) is 3.23. The van der Waals surface area contributed by atoms with Crippen molar-refractivity contribution in [2.24, 2.45) is 5.92 Å². The van der Waals surface area contributed by atoms with Crippen molar-refractivity contribution < 1.29 is 4.39 Å². The summed E-state index contributed by atoms with van der Waals surface area (Å²) in [5.74, 6) is 0.491. The van der Waals surface area contributed by atoms with Crippen LogP contribution in [0.4, 0.5) is 15.8 Å².